The van der Waals surface area contributed by atoms with Gasteiger partial charge in [0.1, 0.15) is 91.6 Å². The number of carbonyl (C=O) groups is 1. The van der Waals surface area contributed by atoms with Crippen molar-refractivity contribution in [3.05, 3.63) is 23.3 Å². The lowest BCUT2D eigenvalue weighted by Crippen LogP contribution is -2.68. The Morgan fingerprint density at radius 2 is 1.10 bits per heavy atom. The van der Waals surface area contributed by atoms with Gasteiger partial charge >= 0.3 is 5.97 Å². The van der Waals surface area contributed by atoms with Crippen molar-refractivity contribution in [3.8, 4) is 0 Å². The van der Waals surface area contributed by atoms with Crippen LogP contribution in [0.1, 0.15) is 114 Å². The van der Waals surface area contributed by atoms with Crippen LogP contribution < -0.4 is 0 Å². The molecule has 8 fully saturated rings. The van der Waals surface area contributed by atoms with Gasteiger partial charge in [0, 0.05) is 11.0 Å². The average molecular weight is 1210 g/mol. The predicted octanol–water partition coefficient (Wildman–Crippen LogP) is -2.10. The number of ether oxygens (including phenoxy) is 9. The molecular formula is C59H96O25. The number of aliphatic hydroxyl groups is 15. The van der Waals surface area contributed by atoms with E-state index in [1.807, 2.05) is 13.8 Å². The number of fused-ring (bicyclic) bond motifs is 7. The van der Waals surface area contributed by atoms with Crippen molar-refractivity contribution in [1.29, 1.82) is 0 Å². The second-order valence-corrected chi connectivity index (χ2v) is 27.9. The van der Waals surface area contributed by atoms with Gasteiger partial charge in [0.25, 0.3) is 0 Å². The molecule has 4 saturated heterocycles. The first-order chi connectivity index (χ1) is 39.3. The molecular weight excluding hydrogens is 1110 g/mol. The number of hydrogen-bond donors (Lipinski definition) is 15. The summed E-state index contributed by atoms with van der Waals surface area (Å²) in [4.78, 5) is 13.2. The van der Waals surface area contributed by atoms with Crippen LogP contribution in [0, 0.1) is 50.2 Å². The SMILES string of the molecule is CC=C(C)C(=O)O[C@@H]1[C@@H](O)[C@H](O[C@@H]2CC[C@]3(C)[C@H]4CC=C5[C@@H]6CC(C)(C)[C@@H](O)[C@H](O)[C@]6(CO[C@@H]6O[C@H](CO[C@@H]7O[C@H](CO)[C@@H](O)[C@H](O)[C@H]7O)[C@@H](O)[C@H](O)[C@H]6O)CC[C@@]5(C)[C@]4(C)CC[C@H]3C2(C)C)O[C@H](CO[C@@H]2O[C@H](CO)[C@@H](O)[C@H](O)[C@H]2O)[C@H]1O. The third kappa shape index (κ3) is 11.1. The highest BCUT2D eigenvalue weighted by atomic mass is 16.7. The molecule has 9 aliphatic rings. The summed E-state index contributed by atoms with van der Waals surface area (Å²) in [6.45, 7) is 15.7. The normalized spacial score (nSPS) is 52.0. The van der Waals surface area contributed by atoms with Gasteiger partial charge in [0.2, 0.25) is 0 Å². The Morgan fingerprint density at radius 1 is 0.583 bits per heavy atom. The van der Waals surface area contributed by atoms with Gasteiger partial charge in [0.05, 0.1) is 51.3 Å². The molecule has 30 atom stereocenters. The highest BCUT2D eigenvalue weighted by Gasteiger charge is 2.71. The molecule has 0 aromatic carbocycles. The van der Waals surface area contributed by atoms with E-state index in [1.54, 1.807) is 6.92 Å². The lowest BCUT2D eigenvalue weighted by atomic mass is 9.33. The molecule has 15 N–H and O–H groups in total. The number of carbonyl (C=O) groups excluding carboxylic acids is 1. The van der Waals surface area contributed by atoms with Crippen LogP contribution in [0.3, 0.4) is 0 Å². The van der Waals surface area contributed by atoms with Crippen LogP contribution in [0.4, 0.5) is 0 Å². The zero-order valence-corrected chi connectivity index (χ0v) is 49.6. The Balaban J connectivity index is 0.928. The highest BCUT2D eigenvalue weighted by molar-refractivity contribution is 5.87. The smallest absolute Gasteiger partial charge is 0.333 e. The first-order valence-electron chi connectivity index (χ1n) is 30.0. The van der Waals surface area contributed by atoms with E-state index >= 15 is 0 Å². The van der Waals surface area contributed by atoms with E-state index in [4.69, 9.17) is 42.6 Å². The van der Waals surface area contributed by atoms with Crippen molar-refractivity contribution in [2.75, 3.05) is 33.0 Å². The molecule has 0 radical (unpaired) electrons. The van der Waals surface area contributed by atoms with Crippen LogP contribution in [0.25, 0.3) is 0 Å². The minimum absolute atomic E-state index is 0.0758. The van der Waals surface area contributed by atoms with Gasteiger partial charge in [-0.2, -0.15) is 0 Å². The van der Waals surface area contributed by atoms with Gasteiger partial charge in [-0.1, -0.05) is 66.2 Å². The van der Waals surface area contributed by atoms with Crippen LogP contribution in [-0.4, -0.2) is 257 Å². The summed E-state index contributed by atoms with van der Waals surface area (Å²) in [6, 6.07) is 0. The van der Waals surface area contributed by atoms with E-state index in [2.05, 4.69) is 40.7 Å². The molecule has 0 spiro atoms. The predicted molar refractivity (Wildman–Crippen MR) is 289 cm³/mol. The molecule has 4 heterocycles. The molecule has 4 saturated carbocycles. The van der Waals surface area contributed by atoms with Crippen molar-refractivity contribution >= 4 is 5.97 Å². The zero-order valence-electron chi connectivity index (χ0n) is 49.6. The molecule has 9 rings (SSSR count). The maximum Gasteiger partial charge on any atom is 0.333 e. The number of rotatable bonds is 15. The molecule has 84 heavy (non-hydrogen) atoms. The van der Waals surface area contributed by atoms with Gasteiger partial charge in [-0.3, -0.25) is 0 Å². The Labute approximate surface area is 490 Å². The Bertz CT molecular complexity index is 2350. The fourth-order valence-electron chi connectivity index (χ4n) is 17.0. The fraction of sp³-hybridized carbons (Fsp3) is 0.915. The number of allylic oxidation sites excluding steroid dienone is 3. The highest BCUT2D eigenvalue weighted by Crippen LogP contribution is 2.76. The third-order valence-corrected chi connectivity index (χ3v) is 22.7. The summed E-state index contributed by atoms with van der Waals surface area (Å²) in [5.74, 6) is -0.888. The van der Waals surface area contributed by atoms with Crippen molar-refractivity contribution in [3.63, 3.8) is 0 Å². The lowest BCUT2D eigenvalue weighted by molar-refractivity contribution is -0.346. The van der Waals surface area contributed by atoms with Gasteiger partial charge in [0.15, 0.2) is 31.3 Å². The summed E-state index contributed by atoms with van der Waals surface area (Å²) in [5, 5.41) is 163. The van der Waals surface area contributed by atoms with Crippen LogP contribution in [0.15, 0.2) is 23.3 Å². The minimum atomic E-state index is -1.80. The topological polar surface area (TPSA) is 404 Å². The zero-order chi connectivity index (χ0) is 61.7. The van der Waals surface area contributed by atoms with Crippen molar-refractivity contribution in [2.45, 2.75) is 255 Å². The number of aliphatic hydroxyl groups excluding tert-OH is 15. The Kier molecular flexibility index (Phi) is 19.5. The second-order valence-electron chi connectivity index (χ2n) is 27.9. The summed E-state index contributed by atoms with van der Waals surface area (Å²) in [6.07, 6.45) is -26.0. The van der Waals surface area contributed by atoms with Gasteiger partial charge in [-0.05, 0) is 110 Å². The molecule has 25 nitrogen and oxygen atoms in total. The Hall–Kier alpha value is -1.97. The van der Waals surface area contributed by atoms with E-state index < -0.39 is 195 Å². The summed E-state index contributed by atoms with van der Waals surface area (Å²) >= 11 is 0. The van der Waals surface area contributed by atoms with E-state index in [9.17, 15) is 81.4 Å². The molecule has 0 unspecified atom stereocenters. The van der Waals surface area contributed by atoms with Crippen molar-refractivity contribution in [1.82, 2.24) is 0 Å². The minimum Gasteiger partial charge on any atom is -0.453 e. The first-order valence-corrected chi connectivity index (χ1v) is 30.0. The van der Waals surface area contributed by atoms with E-state index in [0.717, 1.165) is 24.8 Å². The van der Waals surface area contributed by atoms with Crippen molar-refractivity contribution < 1.29 is 124 Å². The quantitative estimate of drug-likeness (QED) is 0.0361. The summed E-state index contributed by atoms with van der Waals surface area (Å²) < 4.78 is 53.8. The summed E-state index contributed by atoms with van der Waals surface area (Å²) in [7, 11) is 0. The molecule has 0 bridgehead atoms. The number of hydrogen-bond acceptors (Lipinski definition) is 25. The van der Waals surface area contributed by atoms with Crippen LogP contribution in [-0.2, 0) is 47.4 Å². The maximum atomic E-state index is 13.2. The standard InChI is InChI=1S/C59H96O25/c1-10-25(2)49(75)84-46-38(65)31(23-77-51-43(70)40(67)36(63)29(21-61)80-51)82-53(45(46)72)83-34-14-15-56(7)32(55(34,5)6)13-16-58(9)33(56)12-11-26-27-19-54(3,4)47(73)48(74)59(27,18-17-57(26,58)8)24-78-52-44(71)41(68)37(64)30(81-52)22-76-50-42(69)39(66)35(62)28(20-60)79-50/h10-11,27-48,50-53,60-74H,12-24H2,1-9H3/t27-,28+,29+,30+,31+,32-,33+,34+,35+,36+,37+,38+,39-,40-,41-,42+,43+,44+,45+,46-,47-,48-,50+,51+,52+,53-,56-,57+,58+,59-/m0/s1. The Morgan fingerprint density at radius 3 is 1.64 bits per heavy atom. The maximum absolute atomic E-state index is 13.2. The first kappa shape index (κ1) is 66.4. The van der Waals surface area contributed by atoms with Gasteiger partial charge in [-0.15, -0.1) is 0 Å². The summed E-state index contributed by atoms with van der Waals surface area (Å²) in [5.41, 5.74) is -1.97. The average Bonchev–Trinajstić information content (AvgIpc) is 0.700. The van der Waals surface area contributed by atoms with Gasteiger partial charge < -0.3 is 119 Å². The fourth-order valence-corrected chi connectivity index (χ4v) is 17.0. The van der Waals surface area contributed by atoms with E-state index in [1.165, 1.54) is 13.0 Å². The third-order valence-electron chi connectivity index (χ3n) is 22.7. The molecule has 25 heteroatoms. The second kappa shape index (κ2) is 24.7. The monoisotopic (exact) mass is 1200 g/mol. The number of esters is 1. The molecule has 0 aromatic heterocycles. The van der Waals surface area contributed by atoms with E-state index in [-0.39, 0.29) is 40.8 Å². The molecule has 482 valence electrons. The van der Waals surface area contributed by atoms with Gasteiger partial charge in [-0.25, -0.2) is 4.79 Å². The largest absolute Gasteiger partial charge is 0.453 e. The molecule has 5 aliphatic carbocycles. The van der Waals surface area contributed by atoms with Crippen LogP contribution in [0.5, 0.6) is 0 Å². The molecule has 0 aromatic rings. The van der Waals surface area contributed by atoms with E-state index in [0.29, 0.717) is 32.1 Å². The van der Waals surface area contributed by atoms with Crippen molar-refractivity contribution in [2.24, 2.45) is 50.2 Å². The van der Waals surface area contributed by atoms with Crippen LogP contribution in [0.2, 0.25) is 0 Å². The van der Waals surface area contributed by atoms with Crippen LogP contribution >= 0.6 is 0 Å². The lowest BCUT2D eigenvalue weighted by Gasteiger charge is -2.72. The molecule has 0 amide bonds. The molecule has 4 aliphatic heterocycles.